The Morgan fingerprint density at radius 1 is 1.16 bits per heavy atom. The molecule has 2 atom stereocenters. The molecule has 3 heterocycles. The lowest BCUT2D eigenvalue weighted by molar-refractivity contribution is 0.292. The van der Waals surface area contributed by atoms with E-state index in [4.69, 9.17) is 0 Å². The standard InChI is InChI=1S/C19H23N5O/c1-13-6-8-14(9-7-13)15-11-23(12-17(15)22(2)3)19-20-18(25)16-5-4-10-24(16)21-19/h4-10,15,17H,11-12H2,1-3H3,(H,20,21,25)/t15-,17+/m1/s1. The Morgan fingerprint density at radius 3 is 2.64 bits per heavy atom. The number of aryl methyl sites for hydroxylation is 1. The molecule has 2 aromatic heterocycles. The Kier molecular flexibility index (Phi) is 3.84. The van der Waals surface area contributed by atoms with Crippen LogP contribution in [0.4, 0.5) is 5.95 Å². The number of rotatable bonds is 3. The van der Waals surface area contributed by atoms with E-state index < -0.39 is 0 Å². The van der Waals surface area contributed by atoms with Crippen molar-refractivity contribution >= 4 is 11.5 Å². The summed E-state index contributed by atoms with van der Waals surface area (Å²) in [5.41, 5.74) is 3.07. The van der Waals surface area contributed by atoms with Gasteiger partial charge in [0.2, 0.25) is 5.95 Å². The molecule has 3 aromatic rings. The second kappa shape index (κ2) is 6.04. The van der Waals surface area contributed by atoms with E-state index in [1.807, 2.05) is 12.3 Å². The van der Waals surface area contributed by atoms with Gasteiger partial charge in [0.1, 0.15) is 5.52 Å². The highest BCUT2D eigenvalue weighted by Gasteiger charge is 2.36. The van der Waals surface area contributed by atoms with E-state index in [1.165, 1.54) is 11.1 Å². The molecule has 0 aliphatic carbocycles. The molecule has 1 aliphatic heterocycles. The molecule has 4 rings (SSSR count). The van der Waals surface area contributed by atoms with Gasteiger partial charge in [0, 0.05) is 31.2 Å². The summed E-state index contributed by atoms with van der Waals surface area (Å²) in [6.45, 7) is 3.78. The van der Waals surface area contributed by atoms with Gasteiger partial charge in [-0.1, -0.05) is 29.8 Å². The highest BCUT2D eigenvalue weighted by Crippen LogP contribution is 2.31. The average molecular weight is 337 g/mol. The van der Waals surface area contributed by atoms with Gasteiger partial charge in [-0.25, -0.2) is 4.52 Å². The number of nitrogens with zero attached hydrogens (tertiary/aromatic N) is 4. The number of nitrogens with one attached hydrogen (secondary N) is 1. The number of hydrogen-bond acceptors (Lipinski definition) is 4. The first kappa shape index (κ1) is 15.9. The molecular formula is C19H23N5O. The molecule has 1 aliphatic rings. The van der Waals surface area contributed by atoms with Gasteiger partial charge >= 0.3 is 0 Å². The topological polar surface area (TPSA) is 56.6 Å². The summed E-state index contributed by atoms with van der Waals surface area (Å²) in [7, 11) is 4.22. The summed E-state index contributed by atoms with van der Waals surface area (Å²) in [5, 5.41) is 4.58. The number of likely N-dealkylation sites (N-methyl/N-ethyl adjacent to an activating group) is 1. The fourth-order valence-electron chi connectivity index (χ4n) is 3.70. The van der Waals surface area contributed by atoms with Crippen LogP contribution in [0.25, 0.3) is 5.52 Å². The Labute approximate surface area is 146 Å². The van der Waals surface area contributed by atoms with Crippen LogP contribution in [0.5, 0.6) is 0 Å². The van der Waals surface area contributed by atoms with Crippen molar-refractivity contribution in [3.8, 4) is 0 Å². The molecule has 6 nitrogen and oxygen atoms in total. The maximum Gasteiger partial charge on any atom is 0.276 e. The molecular weight excluding hydrogens is 314 g/mol. The molecule has 0 bridgehead atoms. The third kappa shape index (κ3) is 2.82. The normalized spacial score (nSPS) is 20.7. The first-order valence-electron chi connectivity index (χ1n) is 8.58. The van der Waals surface area contributed by atoms with E-state index >= 15 is 0 Å². The number of H-pyrrole nitrogens is 1. The zero-order valence-corrected chi connectivity index (χ0v) is 14.8. The van der Waals surface area contributed by atoms with Gasteiger partial charge in [-0.05, 0) is 38.7 Å². The highest BCUT2D eigenvalue weighted by atomic mass is 16.1. The number of fused-ring (bicyclic) bond motifs is 1. The lowest BCUT2D eigenvalue weighted by Crippen LogP contribution is -2.35. The molecule has 1 aromatic carbocycles. The van der Waals surface area contributed by atoms with Gasteiger partial charge in [0.15, 0.2) is 0 Å². The lowest BCUT2D eigenvalue weighted by atomic mass is 9.93. The van der Waals surface area contributed by atoms with E-state index in [-0.39, 0.29) is 5.56 Å². The third-order valence-corrected chi connectivity index (χ3v) is 5.15. The van der Waals surface area contributed by atoms with Crippen LogP contribution in [0.3, 0.4) is 0 Å². The van der Waals surface area contributed by atoms with E-state index in [0.29, 0.717) is 23.4 Å². The minimum Gasteiger partial charge on any atom is -0.339 e. The summed E-state index contributed by atoms with van der Waals surface area (Å²) >= 11 is 0. The quantitative estimate of drug-likeness (QED) is 0.793. The first-order chi connectivity index (χ1) is 12.0. The van der Waals surface area contributed by atoms with Gasteiger partial charge in [-0.2, -0.15) is 0 Å². The Hall–Kier alpha value is -2.60. The molecule has 25 heavy (non-hydrogen) atoms. The molecule has 0 saturated carbocycles. The maximum atomic E-state index is 12.3. The Bertz CT molecular complexity index is 940. The van der Waals surface area contributed by atoms with Gasteiger partial charge in [-0.3, -0.25) is 9.78 Å². The van der Waals surface area contributed by atoms with Crippen LogP contribution in [0, 0.1) is 6.92 Å². The van der Waals surface area contributed by atoms with Crippen LogP contribution in [0.2, 0.25) is 0 Å². The number of anilines is 1. The molecule has 0 unspecified atom stereocenters. The van der Waals surface area contributed by atoms with Crippen LogP contribution >= 0.6 is 0 Å². The molecule has 1 saturated heterocycles. The average Bonchev–Trinajstić information content (AvgIpc) is 3.22. The van der Waals surface area contributed by atoms with Gasteiger partial charge in [0.05, 0.1) is 0 Å². The van der Waals surface area contributed by atoms with Crippen LogP contribution in [-0.4, -0.2) is 52.7 Å². The zero-order valence-electron chi connectivity index (χ0n) is 14.8. The summed E-state index contributed by atoms with van der Waals surface area (Å²) in [5.74, 6) is 1.01. The largest absolute Gasteiger partial charge is 0.339 e. The molecule has 0 radical (unpaired) electrons. The molecule has 1 fully saturated rings. The van der Waals surface area contributed by atoms with Crippen LogP contribution in [-0.2, 0) is 0 Å². The lowest BCUT2D eigenvalue weighted by Gasteiger charge is -2.25. The molecule has 130 valence electrons. The predicted molar refractivity (Wildman–Crippen MR) is 99.4 cm³/mol. The molecule has 0 spiro atoms. The molecule has 1 N–H and O–H groups in total. The fourth-order valence-corrected chi connectivity index (χ4v) is 3.70. The second-order valence-corrected chi connectivity index (χ2v) is 7.07. The van der Waals surface area contributed by atoms with Crippen LogP contribution < -0.4 is 10.5 Å². The van der Waals surface area contributed by atoms with Crippen molar-refractivity contribution in [2.45, 2.75) is 18.9 Å². The predicted octanol–water partition coefficient (Wildman–Crippen LogP) is 1.87. The Morgan fingerprint density at radius 2 is 1.92 bits per heavy atom. The van der Waals surface area contributed by atoms with Crippen molar-refractivity contribution in [3.05, 3.63) is 64.1 Å². The second-order valence-electron chi connectivity index (χ2n) is 7.07. The molecule has 6 heteroatoms. The number of hydrogen-bond donors (Lipinski definition) is 1. The smallest absolute Gasteiger partial charge is 0.276 e. The minimum absolute atomic E-state index is 0.102. The highest BCUT2D eigenvalue weighted by molar-refractivity contribution is 5.47. The monoisotopic (exact) mass is 337 g/mol. The van der Waals surface area contributed by atoms with E-state index in [0.717, 1.165) is 13.1 Å². The van der Waals surface area contributed by atoms with Gasteiger partial charge < -0.3 is 9.80 Å². The van der Waals surface area contributed by atoms with Crippen molar-refractivity contribution in [2.75, 3.05) is 32.1 Å². The number of aromatic amines is 1. The zero-order chi connectivity index (χ0) is 17.6. The number of benzene rings is 1. The van der Waals surface area contributed by atoms with Gasteiger partial charge in [-0.15, -0.1) is 5.10 Å². The Balaban J connectivity index is 1.69. The van der Waals surface area contributed by atoms with Crippen molar-refractivity contribution < 1.29 is 0 Å². The van der Waals surface area contributed by atoms with Crippen molar-refractivity contribution in [2.24, 2.45) is 0 Å². The van der Waals surface area contributed by atoms with E-state index in [1.54, 1.807) is 10.6 Å². The first-order valence-corrected chi connectivity index (χ1v) is 8.58. The fraction of sp³-hybridized carbons (Fsp3) is 0.368. The molecule has 0 amide bonds. The summed E-state index contributed by atoms with van der Waals surface area (Å²) in [6.07, 6.45) is 1.81. The van der Waals surface area contributed by atoms with E-state index in [2.05, 4.69) is 65.2 Å². The third-order valence-electron chi connectivity index (χ3n) is 5.15. The SMILES string of the molecule is Cc1ccc([C@H]2CN(c3nn4cccc4c(=O)[nH]3)C[C@@H]2N(C)C)cc1. The van der Waals surface area contributed by atoms with E-state index in [9.17, 15) is 4.79 Å². The van der Waals surface area contributed by atoms with Crippen molar-refractivity contribution in [1.82, 2.24) is 19.5 Å². The summed E-state index contributed by atoms with van der Waals surface area (Å²) in [6, 6.07) is 12.7. The minimum atomic E-state index is -0.102. The van der Waals surface area contributed by atoms with Crippen LogP contribution in [0.15, 0.2) is 47.4 Å². The van der Waals surface area contributed by atoms with Crippen molar-refractivity contribution in [1.29, 1.82) is 0 Å². The van der Waals surface area contributed by atoms with Crippen LogP contribution in [0.1, 0.15) is 17.0 Å². The van der Waals surface area contributed by atoms with Gasteiger partial charge in [0.25, 0.3) is 5.56 Å². The van der Waals surface area contributed by atoms with Crippen molar-refractivity contribution in [3.63, 3.8) is 0 Å². The summed E-state index contributed by atoms with van der Waals surface area (Å²) < 4.78 is 1.65. The number of aromatic nitrogens is 3. The summed E-state index contributed by atoms with van der Waals surface area (Å²) in [4.78, 5) is 19.6. The maximum absolute atomic E-state index is 12.3.